The van der Waals surface area contributed by atoms with Gasteiger partial charge in [0.2, 0.25) is 0 Å². The van der Waals surface area contributed by atoms with Crippen LogP contribution in [0.4, 0.5) is 11.4 Å². The Hall–Kier alpha value is -1.37. The summed E-state index contributed by atoms with van der Waals surface area (Å²) in [7, 11) is 0. The molecule has 0 unspecified atom stereocenters. The van der Waals surface area contributed by atoms with E-state index in [1.165, 1.54) is 12.1 Å². The van der Waals surface area contributed by atoms with Crippen molar-refractivity contribution in [2.45, 2.75) is 0 Å². The molecule has 0 saturated heterocycles. The van der Waals surface area contributed by atoms with E-state index in [0.29, 0.717) is 5.69 Å². The van der Waals surface area contributed by atoms with Gasteiger partial charge in [0.25, 0.3) is 5.69 Å². The van der Waals surface area contributed by atoms with Gasteiger partial charge in [-0.25, -0.2) is 0 Å². The minimum Gasteiger partial charge on any atom is -0.412 e. The Morgan fingerprint density at radius 1 is 1.38 bits per heavy atom. The minimum atomic E-state index is -0.491. The van der Waals surface area contributed by atoms with Crippen molar-refractivity contribution in [3.05, 3.63) is 34.4 Å². The predicted molar refractivity (Wildman–Crippen MR) is 51.8 cm³/mol. The number of nitrogens with one attached hydrogen (secondary N) is 1. The average molecular weight is 208 g/mol. The van der Waals surface area contributed by atoms with Gasteiger partial charge in [0.1, 0.15) is 5.69 Å². The van der Waals surface area contributed by atoms with Crippen LogP contribution < -0.4 is 11.3 Å². The van der Waals surface area contributed by atoms with E-state index in [9.17, 15) is 10.1 Å². The smallest absolute Gasteiger partial charge is 0.293 e. The molecule has 0 spiro atoms. The number of nitrogens with two attached hydrogens (primary N) is 1. The van der Waals surface area contributed by atoms with Gasteiger partial charge in [-0.2, -0.15) is 0 Å². The van der Waals surface area contributed by atoms with Gasteiger partial charge in [-0.15, -0.1) is 12.4 Å². The number of rotatable bonds is 2. The van der Waals surface area contributed by atoms with Crippen LogP contribution in [0.15, 0.2) is 24.3 Å². The highest BCUT2D eigenvalue weighted by atomic mass is 35.5. The van der Waals surface area contributed by atoms with Crippen LogP contribution in [0.2, 0.25) is 0 Å². The summed E-state index contributed by atoms with van der Waals surface area (Å²) in [6, 6.07) is 6.18. The normalized spacial score (nSPS) is 7.77. The molecule has 7 heteroatoms. The molecule has 1 aromatic carbocycles. The Balaban J connectivity index is 0. The van der Waals surface area contributed by atoms with Gasteiger partial charge >= 0.3 is 0 Å². The molecule has 0 saturated carbocycles. The lowest BCUT2D eigenvalue weighted by molar-refractivity contribution is -0.384. The van der Waals surface area contributed by atoms with Gasteiger partial charge in [-0.3, -0.25) is 16.0 Å². The maximum atomic E-state index is 10.3. The van der Waals surface area contributed by atoms with E-state index < -0.39 is 4.92 Å². The first-order valence-electron chi connectivity index (χ1n) is 2.95. The number of hydrogen-bond acceptors (Lipinski definition) is 4. The SMILES string of the molecule is Cl.NNc1ccccc1[N+](=O)[O-].O. The lowest BCUT2D eigenvalue weighted by Crippen LogP contribution is -2.08. The van der Waals surface area contributed by atoms with E-state index in [1.54, 1.807) is 12.1 Å². The topological polar surface area (TPSA) is 113 Å². The van der Waals surface area contributed by atoms with Crippen LogP contribution in [-0.2, 0) is 0 Å². The first-order valence-corrected chi connectivity index (χ1v) is 2.95. The van der Waals surface area contributed by atoms with E-state index in [1.807, 2.05) is 0 Å². The number of nitro groups is 1. The van der Waals surface area contributed by atoms with Gasteiger partial charge in [0.15, 0.2) is 0 Å². The molecule has 0 radical (unpaired) electrons. The molecular weight excluding hydrogens is 198 g/mol. The summed E-state index contributed by atoms with van der Waals surface area (Å²) in [6.45, 7) is 0. The van der Waals surface area contributed by atoms with Crippen LogP contribution in [0.3, 0.4) is 0 Å². The summed E-state index contributed by atoms with van der Waals surface area (Å²) in [5.74, 6) is 5.03. The van der Waals surface area contributed by atoms with Gasteiger partial charge in [-0.05, 0) is 6.07 Å². The number of nitro benzene ring substituents is 1. The number of anilines is 1. The molecule has 0 aliphatic rings. The third-order valence-corrected chi connectivity index (χ3v) is 1.26. The zero-order valence-electron chi connectivity index (χ0n) is 6.56. The van der Waals surface area contributed by atoms with E-state index in [0.717, 1.165) is 0 Å². The van der Waals surface area contributed by atoms with E-state index in [2.05, 4.69) is 5.43 Å². The van der Waals surface area contributed by atoms with Crippen LogP contribution >= 0.6 is 12.4 Å². The Bertz CT molecular complexity index is 282. The predicted octanol–water partition coefficient (Wildman–Crippen LogP) is 0.477. The molecule has 5 N–H and O–H groups in total. The monoisotopic (exact) mass is 207 g/mol. The molecule has 0 amide bonds. The van der Waals surface area contributed by atoms with Crippen molar-refractivity contribution < 1.29 is 10.4 Å². The second-order valence-electron chi connectivity index (χ2n) is 1.92. The molecule has 0 aliphatic heterocycles. The second kappa shape index (κ2) is 6.18. The van der Waals surface area contributed by atoms with Crippen molar-refractivity contribution >= 4 is 23.8 Å². The van der Waals surface area contributed by atoms with Crippen molar-refractivity contribution in [3.63, 3.8) is 0 Å². The fourth-order valence-corrected chi connectivity index (χ4v) is 0.755. The first kappa shape index (κ1) is 14.2. The zero-order valence-corrected chi connectivity index (χ0v) is 7.38. The Labute approximate surface area is 80.6 Å². The molecule has 0 atom stereocenters. The third kappa shape index (κ3) is 3.24. The quantitative estimate of drug-likeness (QED) is 0.417. The average Bonchev–Trinajstić information content (AvgIpc) is 2.04. The Morgan fingerprint density at radius 2 is 1.92 bits per heavy atom. The molecule has 0 bridgehead atoms. The fraction of sp³-hybridized carbons (Fsp3) is 0. The summed E-state index contributed by atoms with van der Waals surface area (Å²) in [4.78, 5) is 9.80. The number of para-hydroxylation sites is 2. The van der Waals surface area contributed by atoms with Crippen LogP contribution in [-0.4, -0.2) is 10.4 Å². The molecule has 13 heavy (non-hydrogen) atoms. The van der Waals surface area contributed by atoms with Gasteiger partial charge in [-0.1, -0.05) is 12.1 Å². The van der Waals surface area contributed by atoms with Crippen molar-refractivity contribution in [1.82, 2.24) is 0 Å². The maximum absolute atomic E-state index is 10.3. The van der Waals surface area contributed by atoms with Gasteiger partial charge < -0.3 is 10.9 Å². The highest BCUT2D eigenvalue weighted by Gasteiger charge is 2.09. The number of hydrogen-bond donors (Lipinski definition) is 2. The lowest BCUT2D eigenvalue weighted by atomic mass is 10.3. The molecule has 1 rings (SSSR count). The summed E-state index contributed by atoms with van der Waals surface area (Å²) in [5, 5.41) is 10.3. The van der Waals surface area contributed by atoms with Gasteiger partial charge in [0.05, 0.1) is 4.92 Å². The van der Waals surface area contributed by atoms with Crippen molar-refractivity contribution in [1.29, 1.82) is 0 Å². The maximum Gasteiger partial charge on any atom is 0.293 e. The minimum absolute atomic E-state index is 0. The highest BCUT2D eigenvalue weighted by molar-refractivity contribution is 5.85. The molecule has 6 nitrogen and oxygen atoms in total. The number of halogens is 1. The molecule has 1 aromatic rings. The summed E-state index contributed by atoms with van der Waals surface area (Å²) >= 11 is 0. The Kier molecular flexibility index (Phi) is 6.74. The highest BCUT2D eigenvalue weighted by Crippen LogP contribution is 2.21. The first-order chi connectivity index (χ1) is 5.25. The molecule has 0 fully saturated rings. The molecule has 0 heterocycles. The fourth-order valence-electron chi connectivity index (χ4n) is 0.755. The van der Waals surface area contributed by atoms with E-state index in [4.69, 9.17) is 5.84 Å². The van der Waals surface area contributed by atoms with Crippen LogP contribution in [0.1, 0.15) is 0 Å². The lowest BCUT2D eigenvalue weighted by Gasteiger charge is -1.98. The number of nitrogens with zero attached hydrogens (tertiary/aromatic N) is 1. The van der Waals surface area contributed by atoms with E-state index >= 15 is 0 Å². The molecule has 74 valence electrons. The number of hydrazine groups is 1. The van der Waals surface area contributed by atoms with Gasteiger partial charge in [0, 0.05) is 6.07 Å². The summed E-state index contributed by atoms with van der Waals surface area (Å²) in [6.07, 6.45) is 0. The molecule has 0 aliphatic carbocycles. The van der Waals surface area contributed by atoms with E-state index in [-0.39, 0.29) is 23.6 Å². The standard InChI is InChI=1S/C6H7N3O2.ClH.H2O/c7-8-5-3-1-2-4-6(5)9(10)11;;/h1-4,8H,7H2;1H;1H2. The van der Waals surface area contributed by atoms with Crippen LogP contribution in [0.5, 0.6) is 0 Å². The molecular formula is C6H10ClN3O3. The van der Waals surface area contributed by atoms with Crippen LogP contribution in [0.25, 0.3) is 0 Å². The van der Waals surface area contributed by atoms with Crippen LogP contribution in [0, 0.1) is 10.1 Å². The zero-order chi connectivity index (χ0) is 8.27. The largest absolute Gasteiger partial charge is 0.412 e. The second-order valence-corrected chi connectivity index (χ2v) is 1.92. The third-order valence-electron chi connectivity index (χ3n) is 1.26. The molecule has 0 aromatic heterocycles. The number of nitrogen functional groups attached to an aromatic ring is 1. The Morgan fingerprint density at radius 3 is 2.31 bits per heavy atom. The summed E-state index contributed by atoms with van der Waals surface area (Å²) in [5.41, 5.74) is 2.53. The summed E-state index contributed by atoms with van der Waals surface area (Å²) < 4.78 is 0. The van der Waals surface area contributed by atoms with Crippen molar-refractivity contribution in [2.75, 3.05) is 5.43 Å². The van der Waals surface area contributed by atoms with Crippen molar-refractivity contribution in [2.24, 2.45) is 5.84 Å². The number of benzene rings is 1. The van der Waals surface area contributed by atoms with Crippen molar-refractivity contribution in [3.8, 4) is 0 Å².